The Morgan fingerprint density at radius 1 is 0.638 bits per heavy atom. The summed E-state index contributed by atoms with van der Waals surface area (Å²) in [4.78, 5) is 0. The lowest BCUT2D eigenvalue weighted by Gasteiger charge is -2.37. The molecule has 12 heteroatoms. The largest absolute Gasteiger partial charge is 0.539 e. The highest BCUT2D eigenvalue weighted by Crippen LogP contribution is 2.44. The second kappa shape index (κ2) is 14.5. The number of hydrogen-bond donors (Lipinski definition) is 0. The fraction of sp³-hybridized carbons (Fsp3) is 0.371. The van der Waals surface area contributed by atoms with E-state index in [9.17, 15) is 13.2 Å². The molecular formula is C35H37F9OSi2. The Morgan fingerprint density at radius 3 is 1.79 bits per heavy atom. The summed E-state index contributed by atoms with van der Waals surface area (Å²) in [6.07, 6.45) is 0.668. The van der Waals surface area contributed by atoms with Crippen LogP contribution in [0.2, 0.25) is 35.8 Å². The SMILES string of the molecule is CC[Si](CC)(CC)CCC[Si](Cc1ccccc1)(Oc1c(F)c(F)c2c(F)c(F)c(-c3cc(F)cc(F)c3F)c(F)c2c1F)C(C)C. The highest BCUT2D eigenvalue weighted by atomic mass is 28.4. The van der Waals surface area contributed by atoms with Crippen molar-refractivity contribution in [3.05, 3.63) is 100 Å². The van der Waals surface area contributed by atoms with Gasteiger partial charge < -0.3 is 4.43 Å². The lowest BCUT2D eigenvalue weighted by Crippen LogP contribution is -2.48. The minimum Gasteiger partial charge on any atom is -0.539 e. The summed E-state index contributed by atoms with van der Waals surface area (Å²) in [7, 11) is -5.01. The van der Waals surface area contributed by atoms with Crippen molar-refractivity contribution in [1.82, 2.24) is 0 Å². The van der Waals surface area contributed by atoms with E-state index in [4.69, 9.17) is 4.43 Å². The molecule has 1 unspecified atom stereocenters. The van der Waals surface area contributed by atoms with Crippen molar-refractivity contribution in [3.63, 3.8) is 0 Å². The van der Waals surface area contributed by atoms with Gasteiger partial charge in [-0.25, -0.2) is 35.1 Å². The summed E-state index contributed by atoms with van der Waals surface area (Å²) < 4.78 is 143. The first-order valence-electron chi connectivity index (χ1n) is 15.7. The normalized spacial score (nSPS) is 13.4. The molecule has 1 atom stereocenters. The van der Waals surface area contributed by atoms with Gasteiger partial charge in [0.2, 0.25) is 5.82 Å². The average Bonchev–Trinajstić information content (AvgIpc) is 3.04. The first-order valence-corrected chi connectivity index (χ1v) is 20.9. The fourth-order valence-electron chi connectivity index (χ4n) is 6.53. The van der Waals surface area contributed by atoms with E-state index in [1.807, 2.05) is 26.0 Å². The summed E-state index contributed by atoms with van der Waals surface area (Å²) in [5.74, 6) is -19.2. The van der Waals surface area contributed by atoms with Gasteiger partial charge in [-0.15, -0.1) is 0 Å². The van der Waals surface area contributed by atoms with Crippen LogP contribution in [0.5, 0.6) is 5.75 Å². The van der Waals surface area contributed by atoms with Gasteiger partial charge in [0, 0.05) is 17.7 Å². The van der Waals surface area contributed by atoms with Crippen LogP contribution in [0.15, 0.2) is 42.5 Å². The predicted octanol–water partition coefficient (Wildman–Crippen LogP) is 12.2. The third-order valence-electron chi connectivity index (χ3n) is 9.87. The Kier molecular flexibility index (Phi) is 11.3. The molecule has 0 N–H and O–H groups in total. The van der Waals surface area contributed by atoms with Crippen LogP contribution < -0.4 is 4.43 Å². The van der Waals surface area contributed by atoms with Gasteiger partial charge in [0.15, 0.2) is 40.7 Å². The zero-order chi connectivity index (χ0) is 34.8. The van der Waals surface area contributed by atoms with Crippen molar-refractivity contribution in [2.75, 3.05) is 0 Å². The molecule has 0 aliphatic rings. The Labute approximate surface area is 270 Å². The van der Waals surface area contributed by atoms with Crippen LogP contribution in [0.1, 0.15) is 46.6 Å². The van der Waals surface area contributed by atoms with Crippen LogP contribution in [0.3, 0.4) is 0 Å². The molecule has 4 aromatic carbocycles. The van der Waals surface area contributed by atoms with E-state index in [1.54, 1.807) is 18.2 Å². The van der Waals surface area contributed by atoms with Gasteiger partial charge in [0.25, 0.3) is 8.32 Å². The second-order valence-electron chi connectivity index (χ2n) is 12.5. The van der Waals surface area contributed by atoms with E-state index < -0.39 is 96.4 Å². The molecule has 1 nitrogen and oxygen atoms in total. The maximum absolute atomic E-state index is 16.4. The average molecular weight is 701 g/mol. The van der Waals surface area contributed by atoms with Crippen molar-refractivity contribution >= 4 is 27.2 Å². The molecule has 0 heterocycles. The standard InChI is InChI=1S/C35H37F9OSi2/c1-6-46(7-2,8-3)15-12-16-47(20(4)5,19-21-13-10-9-11-14-21)45-35-33(43)26-27(32(42)34(35)44)31(41)30(40)25(29(26)39)23-17-22(36)18-24(37)28(23)38/h9-11,13-14,17-18,20H,6-8,12,15-16,19H2,1-5H3. The lowest BCUT2D eigenvalue weighted by molar-refractivity contribution is 0.407. The molecule has 0 spiro atoms. The van der Waals surface area contributed by atoms with Crippen LogP contribution in [-0.4, -0.2) is 16.4 Å². The van der Waals surface area contributed by atoms with Crippen molar-refractivity contribution in [2.24, 2.45) is 0 Å². The molecule has 4 aromatic rings. The molecule has 0 radical (unpaired) electrons. The smallest absolute Gasteiger partial charge is 0.258 e. The van der Waals surface area contributed by atoms with Gasteiger partial charge in [0.05, 0.1) is 24.4 Å². The molecule has 0 saturated carbocycles. The Bertz CT molecular complexity index is 1750. The molecule has 0 aliphatic carbocycles. The van der Waals surface area contributed by atoms with E-state index in [0.717, 1.165) is 29.7 Å². The van der Waals surface area contributed by atoms with Gasteiger partial charge >= 0.3 is 0 Å². The van der Waals surface area contributed by atoms with Crippen LogP contribution in [0.4, 0.5) is 39.5 Å². The van der Waals surface area contributed by atoms with Crippen molar-refractivity contribution in [1.29, 1.82) is 0 Å². The zero-order valence-corrected chi connectivity index (χ0v) is 28.9. The summed E-state index contributed by atoms with van der Waals surface area (Å²) in [6.45, 7) is 10.1. The number of halogens is 9. The molecule has 0 aliphatic heterocycles. The van der Waals surface area contributed by atoms with Gasteiger partial charge in [-0.05, 0) is 23.2 Å². The number of hydrogen-bond acceptors (Lipinski definition) is 1. The van der Waals surface area contributed by atoms with Crippen LogP contribution in [-0.2, 0) is 6.04 Å². The number of rotatable bonds is 13. The molecule has 0 saturated heterocycles. The monoisotopic (exact) mass is 700 g/mol. The van der Waals surface area contributed by atoms with Crippen molar-refractivity contribution < 1.29 is 43.9 Å². The molecule has 0 amide bonds. The van der Waals surface area contributed by atoms with Crippen molar-refractivity contribution in [3.8, 4) is 16.9 Å². The molecule has 0 fully saturated rings. The van der Waals surface area contributed by atoms with Gasteiger partial charge in [0.1, 0.15) is 11.6 Å². The Balaban J connectivity index is 1.96. The van der Waals surface area contributed by atoms with Gasteiger partial charge in [-0.3, -0.25) is 0 Å². The third kappa shape index (κ3) is 6.85. The Hall–Kier alpha value is -3.26. The summed E-state index contributed by atoms with van der Waals surface area (Å²) in [5.41, 5.74) is -2.60. The first-order chi connectivity index (χ1) is 22.2. The Morgan fingerprint density at radius 2 is 1.21 bits per heavy atom. The topological polar surface area (TPSA) is 9.23 Å². The molecule has 254 valence electrons. The zero-order valence-electron chi connectivity index (χ0n) is 26.9. The first kappa shape index (κ1) is 36.6. The fourth-order valence-corrected chi connectivity index (χ4v) is 14.2. The summed E-state index contributed by atoms with van der Waals surface area (Å²) in [6, 6.07) is 14.0. The minimum absolute atomic E-state index is 0.0878. The molecule has 0 aromatic heterocycles. The van der Waals surface area contributed by atoms with E-state index in [0.29, 0.717) is 12.5 Å². The van der Waals surface area contributed by atoms with E-state index in [-0.39, 0.29) is 23.7 Å². The summed E-state index contributed by atoms with van der Waals surface area (Å²) >= 11 is 0. The minimum atomic E-state index is -3.38. The van der Waals surface area contributed by atoms with Crippen LogP contribution >= 0.6 is 0 Å². The van der Waals surface area contributed by atoms with Gasteiger partial charge in [-0.2, -0.15) is 4.39 Å². The maximum atomic E-state index is 16.4. The molecule has 47 heavy (non-hydrogen) atoms. The summed E-state index contributed by atoms with van der Waals surface area (Å²) in [5, 5.41) is -3.29. The van der Waals surface area contributed by atoms with Crippen LogP contribution in [0.25, 0.3) is 21.9 Å². The quantitative estimate of drug-likeness (QED) is 0.0766. The van der Waals surface area contributed by atoms with E-state index in [2.05, 4.69) is 20.8 Å². The highest BCUT2D eigenvalue weighted by Gasteiger charge is 2.44. The van der Waals surface area contributed by atoms with E-state index >= 15 is 26.3 Å². The molecule has 0 bridgehead atoms. The second-order valence-corrected chi connectivity index (χ2v) is 22.4. The highest BCUT2D eigenvalue weighted by molar-refractivity contribution is 6.80. The molecular weight excluding hydrogens is 664 g/mol. The van der Waals surface area contributed by atoms with Gasteiger partial charge in [-0.1, -0.05) is 95.5 Å². The number of fused-ring (bicyclic) bond motifs is 1. The molecule has 4 rings (SSSR count). The number of benzene rings is 4. The third-order valence-corrected chi connectivity index (χ3v) is 20.7. The van der Waals surface area contributed by atoms with Crippen LogP contribution in [0, 0.1) is 52.4 Å². The van der Waals surface area contributed by atoms with E-state index in [1.165, 1.54) is 0 Å². The van der Waals surface area contributed by atoms with Crippen molar-refractivity contribution in [2.45, 2.75) is 82.8 Å². The lowest BCUT2D eigenvalue weighted by atomic mass is 9.97. The predicted molar refractivity (Wildman–Crippen MR) is 172 cm³/mol. The maximum Gasteiger partial charge on any atom is 0.258 e.